The molecule has 0 saturated carbocycles. The maximum absolute atomic E-state index is 15.4. The van der Waals surface area contributed by atoms with Crippen LogP contribution >= 0.6 is 11.6 Å². The average molecular weight is 474 g/mol. The lowest BCUT2D eigenvalue weighted by Crippen LogP contribution is -2.43. The molecule has 2 heterocycles. The number of hydrogen-bond donors (Lipinski definition) is 2. The van der Waals surface area contributed by atoms with E-state index in [9.17, 15) is 4.79 Å². The molecule has 3 unspecified atom stereocenters. The first-order chi connectivity index (χ1) is 15.5. The van der Waals surface area contributed by atoms with Crippen LogP contribution in [0.5, 0.6) is 0 Å². The fourth-order valence-corrected chi connectivity index (χ4v) is 4.80. The van der Waals surface area contributed by atoms with Gasteiger partial charge in [0.05, 0.1) is 18.2 Å². The largest absolute Gasteiger partial charge is 0.380 e. The number of halogens is 2. The van der Waals surface area contributed by atoms with E-state index in [0.717, 1.165) is 6.42 Å². The van der Waals surface area contributed by atoms with E-state index in [1.807, 2.05) is 20.8 Å². The zero-order valence-electron chi connectivity index (χ0n) is 20.0. The first-order valence-electron chi connectivity index (χ1n) is 11.4. The number of nitrogens with one attached hydrogen (secondary N) is 2. The van der Waals surface area contributed by atoms with Gasteiger partial charge in [-0.1, -0.05) is 52.6 Å². The Morgan fingerprint density at radius 1 is 1.36 bits per heavy atom. The zero-order chi connectivity index (χ0) is 24.4. The number of carbonyl (C=O) groups excluding carboxylic acids is 1. The van der Waals surface area contributed by atoms with E-state index in [1.54, 1.807) is 24.3 Å². The van der Waals surface area contributed by atoms with Crippen LogP contribution in [-0.4, -0.2) is 29.8 Å². The minimum absolute atomic E-state index is 0.0279. The second-order valence-electron chi connectivity index (χ2n) is 10.0. The second kappa shape index (κ2) is 9.90. The molecule has 5 nitrogen and oxygen atoms in total. The van der Waals surface area contributed by atoms with Crippen molar-refractivity contribution in [1.82, 2.24) is 4.98 Å². The predicted molar refractivity (Wildman–Crippen MR) is 131 cm³/mol. The molecule has 0 bridgehead atoms. The lowest BCUT2D eigenvalue weighted by Gasteiger charge is -2.41. The van der Waals surface area contributed by atoms with Gasteiger partial charge in [-0.15, -0.1) is 0 Å². The van der Waals surface area contributed by atoms with Crippen LogP contribution in [0.2, 0.25) is 5.02 Å². The van der Waals surface area contributed by atoms with Gasteiger partial charge in [-0.3, -0.25) is 4.79 Å². The lowest BCUT2D eigenvalue weighted by molar-refractivity contribution is 0.102. The molecule has 178 valence electrons. The Bertz CT molecular complexity index is 1020. The van der Waals surface area contributed by atoms with Gasteiger partial charge in [0.15, 0.2) is 0 Å². The minimum atomic E-state index is -0.588. The fourth-order valence-electron chi connectivity index (χ4n) is 4.69. The Morgan fingerprint density at radius 2 is 2.09 bits per heavy atom. The molecule has 3 rings (SSSR count). The summed E-state index contributed by atoms with van der Waals surface area (Å²) in [5, 5.41) is 11.9. The highest BCUT2D eigenvalue weighted by Crippen LogP contribution is 2.49. The topological polar surface area (TPSA) is 75.1 Å². The average Bonchev–Trinajstić information content (AvgIpc) is 3.14. The van der Waals surface area contributed by atoms with Crippen LogP contribution in [0.1, 0.15) is 63.5 Å². The number of hydrogen-bond acceptors (Lipinski definition) is 4. The highest BCUT2D eigenvalue weighted by molar-refractivity contribution is 6.30. The number of carbonyl (C=O) groups is 1. The molecule has 0 spiro atoms. The van der Waals surface area contributed by atoms with Crippen molar-refractivity contribution in [3.05, 3.63) is 58.6 Å². The Labute approximate surface area is 200 Å². The molecule has 7 heteroatoms. The number of pyridine rings is 1. The first kappa shape index (κ1) is 25.3. The third kappa shape index (κ3) is 5.28. The molecule has 1 aromatic carbocycles. The van der Waals surface area contributed by atoms with Gasteiger partial charge in [0, 0.05) is 23.0 Å². The standard InChI is InChI=1S/C26H33ClFN3O2/c1-6-17(11-23(29)25(3,4)5)26(15-33-14-16(26)2)20-12-19(8-9-21(20)28)31-24(32)22-10-7-18(27)13-30-22/h7-10,12-13,16-17,29H,6,11,14-15H2,1-5H3,(H,31,32). The van der Waals surface area contributed by atoms with Crippen molar-refractivity contribution >= 4 is 28.9 Å². The maximum atomic E-state index is 15.4. The molecular weight excluding hydrogens is 441 g/mol. The van der Waals surface area contributed by atoms with E-state index in [4.69, 9.17) is 21.7 Å². The van der Waals surface area contributed by atoms with Crippen molar-refractivity contribution in [3.63, 3.8) is 0 Å². The minimum Gasteiger partial charge on any atom is -0.380 e. The number of amides is 1. The summed E-state index contributed by atoms with van der Waals surface area (Å²) in [6, 6.07) is 7.81. The number of benzene rings is 1. The molecule has 1 fully saturated rings. The van der Waals surface area contributed by atoms with E-state index < -0.39 is 11.3 Å². The summed E-state index contributed by atoms with van der Waals surface area (Å²) in [4.78, 5) is 16.7. The highest BCUT2D eigenvalue weighted by Gasteiger charge is 2.50. The molecule has 1 saturated heterocycles. The van der Waals surface area contributed by atoms with Crippen LogP contribution in [-0.2, 0) is 10.2 Å². The SMILES string of the molecule is CCC(CC(=N)C(C)(C)C)C1(c2cc(NC(=O)c3ccc(Cl)cn3)ccc2F)COCC1C. The highest BCUT2D eigenvalue weighted by atomic mass is 35.5. The Morgan fingerprint density at radius 3 is 2.64 bits per heavy atom. The predicted octanol–water partition coefficient (Wildman–Crippen LogP) is 6.51. The van der Waals surface area contributed by atoms with Crippen molar-refractivity contribution < 1.29 is 13.9 Å². The molecule has 0 aliphatic carbocycles. The zero-order valence-corrected chi connectivity index (χ0v) is 20.7. The third-order valence-corrected chi connectivity index (χ3v) is 7.07. The van der Waals surface area contributed by atoms with E-state index in [1.165, 1.54) is 12.3 Å². The van der Waals surface area contributed by atoms with E-state index in [2.05, 4.69) is 24.1 Å². The number of ether oxygens (including phenoxy) is 1. The van der Waals surface area contributed by atoms with E-state index in [-0.39, 0.29) is 28.8 Å². The third-order valence-electron chi connectivity index (χ3n) is 6.85. The van der Waals surface area contributed by atoms with Crippen LogP contribution in [0.4, 0.5) is 10.1 Å². The van der Waals surface area contributed by atoms with Gasteiger partial charge in [0.1, 0.15) is 11.5 Å². The quantitative estimate of drug-likeness (QED) is 0.450. The van der Waals surface area contributed by atoms with Crippen molar-refractivity contribution in [2.24, 2.45) is 17.3 Å². The molecule has 3 atom stereocenters. The molecule has 0 radical (unpaired) electrons. The first-order valence-corrected chi connectivity index (χ1v) is 11.8. The molecule has 1 amide bonds. The summed E-state index contributed by atoms with van der Waals surface area (Å²) >= 11 is 5.86. The monoisotopic (exact) mass is 473 g/mol. The molecule has 1 aromatic heterocycles. The molecular formula is C26H33ClFN3O2. The number of aromatic nitrogens is 1. The number of anilines is 1. The molecule has 1 aliphatic rings. The summed E-state index contributed by atoms with van der Waals surface area (Å²) in [5.74, 6) is -0.625. The van der Waals surface area contributed by atoms with Gasteiger partial charge in [-0.2, -0.15) is 0 Å². The normalized spacial score (nSPS) is 21.6. The van der Waals surface area contributed by atoms with Gasteiger partial charge in [-0.05, 0) is 59.6 Å². The van der Waals surface area contributed by atoms with Crippen molar-refractivity contribution in [3.8, 4) is 0 Å². The van der Waals surface area contributed by atoms with Gasteiger partial charge in [-0.25, -0.2) is 9.37 Å². The second-order valence-corrected chi connectivity index (χ2v) is 10.4. The van der Waals surface area contributed by atoms with Gasteiger partial charge < -0.3 is 15.5 Å². The van der Waals surface area contributed by atoms with Crippen molar-refractivity contribution in [1.29, 1.82) is 5.41 Å². The molecule has 1 aliphatic heterocycles. The smallest absolute Gasteiger partial charge is 0.274 e. The molecule has 33 heavy (non-hydrogen) atoms. The van der Waals surface area contributed by atoms with E-state index >= 15 is 4.39 Å². The maximum Gasteiger partial charge on any atom is 0.274 e. The van der Waals surface area contributed by atoms with Gasteiger partial charge in [0.2, 0.25) is 0 Å². The van der Waals surface area contributed by atoms with Crippen LogP contribution in [0.3, 0.4) is 0 Å². The van der Waals surface area contributed by atoms with Crippen molar-refractivity contribution in [2.75, 3.05) is 18.5 Å². The Kier molecular flexibility index (Phi) is 7.59. The van der Waals surface area contributed by atoms with Gasteiger partial charge in [0.25, 0.3) is 5.91 Å². The fraction of sp³-hybridized carbons (Fsp3) is 0.500. The molecule has 2 aromatic rings. The summed E-state index contributed by atoms with van der Waals surface area (Å²) < 4.78 is 21.3. The van der Waals surface area contributed by atoms with Crippen LogP contribution < -0.4 is 5.32 Å². The van der Waals surface area contributed by atoms with Crippen LogP contribution in [0.15, 0.2) is 36.5 Å². The summed E-state index contributed by atoms with van der Waals surface area (Å²) in [5.41, 5.74) is 1.05. The summed E-state index contributed by atoms with van der Waals surface area (Å²) in [7, 11) is 0. The summed E-state index contributed by atoms with van der Waals surface area (Å²) in [6.07, 6.45) is 2.77. The lowest BCUT2D eigenvalue weighted by atomic mass is 9.61. The van der Waals surface area contributed by atoms with Gasteiger partial charge >= 0.3 is 0 Å². The Hall–Kier alpha value is -2.31. The van der Waals surface area contributed by atoms with Crippen LogP contribution in [0.25, 0.3) is 0 Å². The number of nitrogens with zero attached hydrogens (tertiary/aromatic N) is 1. The van der Waals surface area contributed by atoms with E-state index in [0.29, 0.717) is 41.6 Å². The van der Waals surface area contributed by atoms with Crippen LogP contribution in [0, 0.1) is 28.5 Å². The van der Waals surface area contributed by atoms with Crippen molar-refractivity contribution in [2.45, 2.75) is 52.9 Å². The number of rotatable bonds is 7. The molecule has 2 N–H and O–H groups in total. The Balaban J connectivity index is 1.98. The summed E-state index contributed by atoms with van der Waals surface area (Å²) in [6.45, 7) is 11.2.